The van der Waals surface area contributed by atoms with Gasteiger partial charge in [0.25, 0.3) is 0 Å². The van der Waals surface area contributed by atoms with E-state index in [1.54, 1.807) is 0 Å². The summed E-state index contributed by atoms with van der Waals surface area (Å²) in [6.45, 7) is 11.9. The lowest BCUT2D eigenvalue weighted by atomic mass is 9.86. The lowest BCUT2D eigenvalue weighted by molar-refractivity contribution is 0.0558. The quantitative estimate of drug-likeness (QED) is 0.562. The Labute approximate surface area is 70.8 Å². The maximum atomic E-state index is 2.60. The first kappa shape index (κ1) is 9.05. The number of likely N-dealkylation sites (tertiary alicyclic amines) is 1. The van der Waals surface area contributed by atoms with E-state index in [-0.39, 0.29) is 0 Å². The smallest absolute Gasteiger partial charge is 0.0153 e. The van der Waals surface area contributed by atoms with Gasteiger partial charge in [-0.05, 0) is 39.2 Å². The standard InChI is InChI=1S/C10H21N/c1-5-11-8-9(2)6-7-10(11,3)4/h9H,5-8H2,1-4H3. The molecule has 0 aromatic rings. The van der Waals surface area contributed by atoms with Gasteiger partial charge in [-0.25, -0.2) is 0 Å². The molecule has 0 spiro atoms. The van der Waals surface area contributed by atoms with E-state index in [0.717, 1.165) is 5.92 Å². The van der Waals surface area contributed by atoms with Crippen LogP contribution in [0.15, 0.2) is 0 Å². The van der Waals surface area contributed by atoms with Crippen LogP contribution < -0.4 is 0 Å². The van der Waals surface area contributed by atoms with Gasteiger partial charge in [0.05, 0.1) is 0 Å². The molecule has 1 rings (SSSR count). The first-order valence-electron chi connectivity index (χ1n) is 4.81. The van der Waals surface area contributed by atoms with E-state index in [4.69, 9.17) is 0 Å². The second-order valence-corrected chi connectivity index (χ2v) is 4.49. The van der Waals surface area contributed by atoms with Crippen molar-refractivity contribution in [3.63, 3.8) is 0 Å². The second-order valence-electron chi connectivity index (χ2n) is 4.49. The third kappa shape index (κ3) is 1.96. The van der Waals surface area contributed by atoms with Crippen LogP contribution >= 0.6 is 0 Å². The summed E-state index contributed by atoms with van der Waals surface area (Å²) in [6.07, 6.45) is 2.77. The fourth-order valence-electron chi connectivity index (χ4n) is 2.03. The van der Waals surface area contributed by atoms with E-state index < -0.39 is 0 Å². The molecule has 1 atom stereocenters. The zero-order valence-corrected chi connectivity index (χ0v) is 8.35. The summed E-state index contributed by atoms with van der Waals surface area (Å²) in [5.41, 5.74) is 0.460. The molecule has 1 heterocycles. The van der Waals surface area contributed by atoms with E-state index in [1.165, 1.54) is 25.9 Å². The first-order valence-corrected chi connectivity index (χ1v) is 4.81. The van der Waals surface area contributed by atoms with Crippen molar-refractivity contribution in [3.05, 3.63) is 0 Å². The maximum absolute atomic E-state index is 2.60. The zero-order chi connectivity index (χ0) is 8.48. The highest BCUT2D eigenvalue weighted by Gasteiger charge is 2.30. The highest BCUT2D eigenvalue weighted by molar-refractivity contribution is 4.86. The third-order valence-electron chi connectivity index (χ3n) is 3.02. The molecule has 1 saturated heterocycles. The van der Waals surface area contributed by atoms with Crippen molar-refractivity contribution in [2.24, 2.45) is 5.92 Å². The molecule has 11 heavy (non-hydrogen) atoms. The van der Waals surface area contributed by atoms with Crippen molar-refractivity contribution in [3.8, 4) is 0 Å². The highest BCUT2D eigenvalue weighted by Crippen LogP contribution is 2.29. The Morgan fingerprint density at radius 2 is 2.09 bits per heavy atom. The van der Waals surface area contributed by atoms with Crippen molar-refractivity contribution >= 4 is 0 Å². The summed E-state index contributed by atoms with van der Waals surface area (Å²) < 4.78 is 0. The molecule has 1 aliphatic rings. The number of nitrogens with zero attached hydrogens (tertiary/aromatic N) is 1. The normalized spacial score (nSPS) is 32.2. The Hall–Kier alpha value is -0.0400. The highest BCUT2D eigenvalue weighted by atomic mass is 15.2. The van der Waals surface area contributed by atoms with Gasteiger partial charge in [-0.2, -0.15) is 0 Å². The van der Waals surface area contributed by atoms with E-state index >= 15 is 0 Å². The fraction of sp³-hybridized carbons (Fsp3) is 1.00. The van der Waals surface area contributed by atoms with Crippen molar-refractivity contribution in [1.82, 2.24) is 4.90 Å². The zero-order valence-electron chi connectivity index (χ0n) is 8.35. The Bertz CT molecular complexity index is 129. The Kier molecular flexibility index (Phi) is 2.58. The molecule has 1 fully saturated rings. The van der Waals surface area contributed by atoms with Crippen molar-refractivity contribution in [1.29, 1.82) is 0 Å². The van der Waals surface area contributed by atoms with Gasteiger partial charge in [-0.3, -0.25) is 4.90 Å². The van der Waals surface area contributed by atoms with Crippen LogP contribution in [-0.2, 0) is 0 Å². The van der Waals surface area contributed by atoms with Crippen LogP contribution in [0.1, 0.15) is 40.5 Å². The lowest BCUT2D eigenvalue weighted by Gasteiger charge is -2.44. The second kappa shape index (κ2) is 3.14. The van der Waals surface area contributed by atoms with Gasteiger partial charge in [0.1, 0.15) is 0 Å². The average Bonchev–Trinajstić information content (AvgIpc) is 1.94. The topological polar surface area (TPSA) is 3.24 Å². The van der Waals surface area contributed by atoms with E-state index in [1.807, 2.05) is 0 Å². The van der Waals surface area contributed by atoms with Crippen molar-refractivity contribution in [2.75, 3.05) is 13.1 Å². The minimum Gasteiger partial charge on any atom is -0.298 e. The number of piperidine rings is 1. The molecule has 66 valence electrons. The molecule has 0 aromatic heterocycles. The maximum Gasteiger partial charge on any atom is 0.0153 e. The van der Waals surface area contributed by atoms with Crippen LogP contribution in [0.3, 0.4) is 0 Å². The molecule has 1 unspecified atom stereocenters. The molecule has 0 bridgehead atoms. The SMILES string of the molecule is CCN1CC(C)CCC1(C)C. The van der Waals surface area contributed by atoms with Crippen LogP contribution in [0.5, 0.6) is 0 Å². The fourth-order valence-corrected chi connectivity index (χ4v) is 2.03. The lowest BCUT2D eigenvalue weighted by Crippen LogP contribution is -2.49. The number of hydrogen-bond acceptors (Lipinski definition) is 1. The molecule has 0 aliphatic carbocycles. The summed E-state index contributed by atoms with van der Waals surface area (Å²) in [7, 11) is 0. The molecule has 1 heteroatoms. The summed E-state index contributed by atoms with van der Waals surface area (Å²) in [5.74, 6) is 0.906. The van der Waals surface area contributed by atoms with Gasteiger partial charge in [0.15, 0.2) is 0 Å². The minimum atomic E-state index is 0.460. The number of hydrogen-bond donors (Lipinski definition) is 0. The van der Waals surface area contributed by atoms with Crippen LogP contribution in [0.2, 0.25) is 0 Å². The Morgan fingerprint density at radius 3 is 2.55 bits per heavy atom. The van der Waals surface area contributed by atoms with Gasteiger partial charge < -0.3 is 0 Å². The van der Waals surface area contributed by atoms with Gasteiger partial charge in [0.2, 0.25) is 0 Å². The molecule has 1 nitrogen and oxygen atoms in total. The van der Waals surface area contributed by atoms with Gasteiger partial charge in [-0.1, -0.05) is 13.8 Å². The Morgan fingerprint density at radius 1 is 1.45 bits per heavy atom. The van der Waals surface area contributed by atoms with E-state index in [0.29, 0.717) is 5.54 Å². The van der Waals surface area contributed by atoms with Gasteiger partial charge >= 0.3 is 0 Å². The molecule has 0 radical (unpaired) electrons. The third-order valence-corrected chi connectivity index (χ3v) is 3.02. The molecule has 0 saturated carbocycles. The Balaban J connectivity index is 2.56. The van der Waals surface area contributed by atoms with Crippen LogP contribution in [0.25, 0.3) is 0 Å². The summed E-state index contributed by atoms with van der Waals surface area (Å²) in [6, 6.07) is 0. The van der Waals surface area contributed by atoms with Crippen molar-refractivity contribution in [2.45, 2.75) is 46.1 Å². The van der Waals surface area contributed by atoms with E-state index in [9.17, 15) is 0 Å². The summed E-state index contributed by atoms with van der Waals surface area (Å²) >= 11 is 0. The minimum absolute atomic E-state index is 0.460. The molecular weight excluding hydrogens is 134 g/mol. The van der Waals surface area contributed by atoms with Crippen LogP contribution in [0.4, 0.5) is 0 Å². The molecular formula is C10H21N. The molecule has 0 N–H and O–H groups in total. The van der Waals surface area contributed by atoms with Crippen LogP contribution in [0, 0.1) is 5.92 Å². The average molecular weight is 155 g/mol. The first-order chi connectivity index (χ1) is 5.06. The number of rotatable bonds is 1. The predicted molar refractivity (Wildman–Crippen MR) is 49.7 cm³/mol. The molecule has 0 amide bonds. The van der Waals surface area contributed by atoms with Gasteiger partial charge in [0, 0.05) is 12.1 Å². The van der Waals surface area contributed by atoms with Crippen molar-refractivity contribution < 1.29 is 0 Å². The molecule has 1 aliphatic heterocycles. The van der Waals surface area contributed by atoms with E-state index in [2.05, 4.69) is 32.6 Å². The summed E-state index contributed by atoms with van der Waals surface area (Å²) in [4.78, 5) is 2.60. The monoisotopic (exact) mass is 155 g/mol. The summed E-state index contributed by atoms with van der Waals surface area (Å²) in [5, 5.41) is 0. The predicted octanol–water partition coefficient (Wildman–Crippen LogP) is 2.52. The van der Waals surface area contributed by atoms with Gasteiger partial charge in [-0.15, -0.1) is 0 Å². The molecule has 0 aromatic carbocycles. The largest absolute Gasteiger partial charge is 0.298 e. The van der Waals surface area contributed by atoms with Crippen LogP contribution in [-0.4, -0.2) is 23.5 Å².